The number of halogens is 5. The molecule has 0 fully saturated rings. The van der Waals surface area contributed by atoms with Crippen molar-refractivity contribution in [3.05, 3.63) is 58.4 Å². The van der Waals surface area contributed by atoms with Crippen LogP contribution in [0, 0.1) is 5.82 Å². The fraction of sp³-hybridized carbons (Fsp3) is 0.300. The molecule has 4 rings (SSSR count). The van der Waals surface area contributed by atoms with Gasteiger partial charge in [-0.05, 0) is 30.2 Å². The first-order chi connectivity index (χ1) is 16.9. The van der Waals surface area contributed by atoms with Crippen LogP contribution in [0.3, 0.4) is 0 Å². The zero-order valence-electron chi connectivity index (χ0n) is 18.5. The lowest BCUT2D eigenvalue weighted by atomic mass is 10.2. The van der Waals surface area contributed by atoms with Gasteiger partial charge in [0.1, 0.15) is 17.7 Å². The molecule has 3 aromatic rings. The largest absolute Gasteiger partial charge is 0.516 e. The van der Waals surface area contributed by atoms with Gasteiger partial charge in [0.25, 0.3) is 5.91 Å². The molecule has 0 saturated heterocycles. The van der Waals surface area contributed by atoms with Gasteiger partial charge < -0.3 is 5.32 Å². The Morgan fingerprint density at radius 2 is 2.00 bits per heavy atom. The Balaban J connectivity index is 1.47. The smallest absolute Gasteiger partial charge is 0.347 e. The van der Waals surface area contributed by atoms with Crippen molar-refractivity contribution < 1.29 is 30.8 Å². The van der Waals surface area contributed by atoms with Crippen molar-refractivity contribution in [1.29, 1.82) is 0 Å². The molecule has 4 heterocycles. The molecular weight excluding hydrogens is 530 g/mol. The summed E-state index contributed by atoms with van der Waals surface area (Å²) in [5.41, 5.74) is -3.79. The summed E-state index contributed by atoms with van der Waals surface area (Å²) >= 11 is 6.04. The molecule has 36 heavy (non-hydrogen) atoms. The summed E-state index contributed by atoms with van der Waals surface area (Å²) in [6.45, 7) is 0.801. The predicted octanol–water partition coefficient (Wildman–Crippen LogP) is 2.93. The van der Waals surface area contributed by atoms with Gasteiger partial charge in [-0.2, -0.15) is 26.7 Å². The van der Waals surface area contributed by atoms with Crippen molar-refractivity contribution in [2.75, 3.05) is 18.1 Å². The number of carbonyl (C=O) groups is 1. The van der Waals surface area contributed by atoms with Crippen LogP contribution in [0.4, 0.5) is 23.4 Å². The molecule has 10 nitrogen and oxygen atoms in total. The van der Waals surface area contributed by atoms with Crippen LogP contribution in [0.1, 0.15) is 28.7 Å². The Morgan fingerprint density at radius 3 is 2.61 bits per heavy atom. The number of carbonyl (C=O) groups excluding carboxylic acids is 1. The van der Waals surface area contributed by atoms with Crippen LogP contribution in [-0.4, -0.2) is 57.9 Å². The van der Waals surface area contributed by atoms with Crippen molar-refractivity contribution >= 4 is 45.3 Å². The highest BCUT2D eigenvalue weighted by atomic mass is 35.5. The van der Waals surface area contributed by atoms with Crippen molar-refractivity contribution in [2.45, 2.75) is 25.4 Å². The highest BCUT2D eigenvalue weighted by Gasteiger charge is 2.50. The molecule has 0 saturated carbocycles. The SMILES string of the molecule is CCc1nc2ccc(Cl)cn2c1C(=O)NCc1cnc(N2CCN(S(=O)(=O)C(F)(F)F)C=N2)c(F)c1. The number of anilines is 1. The molecule has 0 radical (unpaired) electrons. The number of pyridine rings is 2. The number of fused-ring (bicyclic) bond motifs is 1. The molecule has 16 heteroatoms. The average molecular weight is 548 g/mol. The van der Waals surface area contributed by atoms with Crippen molar-refractivity contribution in [3.8, 4) is 0 Å². The van der Waals surface area contributed by atoms with Gasteiger partial charge in [0.15, 0.2) is 11.6 Å². The molecule has 3 aromatic heterocycles. The summed E-state index contributed by atoms with van der Waals surface area (Å²) in [7, 11) is -5.59. The van der Waals surface area contributed by atoms with E-state index in [1.807, 2.05) is 6.92 Å². The first-order valence-corrected chi connectivity index (χ1v) is 12.2. The number of rotatable bonds is 6. The van der Waals surface area contributed by atoms with Crippen LogP contribution < -0.4 is 10.3 Å². The number of nitrogens with one attached hydrogen (secondary N) is 1. The van der Waals surface area contributed by atoms with Gasteiger partial charge in [0.05, 0.1) is 23.8 Å². The van der Waals surface area contributed by atoms with Gasteiger partial charge in [0.2, 0.25) is 0 Å². The molecule has 1 amide bonds. The molecule has 1 aliphatic rings. The maximum Gasteiger partial charge on any atom is 0.516 e. The normalized spacial score (nSPS) is 14.5. The van der Waals surface area contributed by atoms with E-state index in [2.05, 4.69) is 20.4 Å². The second-order valence-corrected chi connectivity index (χ2v) is 9.90. The van der Waals surface area contributed by atoms with E-state index in [1.54, 1.807) is 22.7 Å². The summed E-state index contributed by atoms with van der Waals surface area (Å²) in [6.07, 6.45) is 3.77. The first kappa shape index (κ1) is 25.6. The number of aryl methyl sites for hydroxylation is 1. The molecule has 0 atom stereocenters. The van der Waals surface area contributed by atoms with E-state index in [0.29, 0.717) is 40.4 Å². The quantitative estimate of drug-likeness (QED) is 0.475. The third-order valence-corrected chi connectivity index (χ3v) is 6.94. The fourth-order valence-electron chi connectivity index (χ4n) is 3.48. The van der Waals surface area contributed by atoms with E-state index in [9.17, 15) is 30.8 Å². The fourth-order valence-corrected chi connectivity index (χ4v) is 4.40. The molecule has 0 bridgehead atoms. The summed E-state index contributed by atoms with van der Waals surface area (Å²) in [5, 5.41) is 7.61. The number of hydrogen-bond donors (Lipinski definition) is 1. The Labute approximate surface area is 207 Å². The maximum absolute atomic E-state index is 14.7. The third-order valence-electron chi connectivity index (χ3n) is 5.23. The zero-order chi connectivity index (χ0) is 26.3. The van der Waals surface area contributed by atoms with Gasteiger partial charge in [-0.3, -0.25) is 9.20 Å². The lowest BCUT2D eigenvalue weighted by Gasteiger charge is -2.29. The lowest BCUT2D eigenvalue weighted by molar-refractivity contribution is -0.0471. The van der Waals surface area contributed by atoms with Crippen LogP contribution in [0.2, 0.25) is 5.02 Å². The maximum atomic E-state index is 14.7. The third kappa shape index (κ3) is 4.80. The monoisotopic (exact) mass is 547 g/mol. The number of alkyl halides is 3. The summed E-state index contributed by atoms with van der Waals surface area (Å²) < 4.78 is 77.3. The molecule has 0 spiro atoms. The Kier molecular flexibility index (Phi) is 6.79. The minimum Gasteiger partial charge on any atom is -0.347 e. The summed E-state index contributed by atoms with van der Waals surface area (Å²) in [6, 6.07) is 4.42. The summed E-state index contributed by atoms with van der Waals surface area (Å²) in [4.78, 5) is 21.2. The second-order valence-electron chi connectivity index (χ2n) is 7.58. The van der Waals surface area contributed by atoms with E-state index in [4.69, 9.17) is 11.6 Å². The first-order valence-electron chi connectivity index (χ1n) is 10.4. The standard InChI is InChI=1S/C20H18ClF4N7O3S/c1-2-15-17(31-10-13(21)3-4-16(31)29-15)19(33)27-9-12-7-14(22)18(26-8-12)32-6-5-30(11-28-32)36(34,35)20(23,24)25/h3-4,7-8,10-11H,2,5-6,9H2,1H3,(H,27,33). The van der Waals surface area contributed by atoms with Crippen molar-refractivity contribution in [3.63, 3.8) is 0 Å². The number of hydrogen-bond acceptors (Lipinski definition) is 7. The van der Waals surface area contributed by atoms with Crippen LogP contribution in [0.25, 0.3) is 5.65 Å². The van der Waals surface area contributed by atoms with E-state index in [1.165, 1.54) is 6.20 Å². The van der Waals surface area contributed by atoms with E-state index >= 15 is 0 Å². The van der Waals surface area contributed by atoms with Crippen molar-refractivity contribution in [2.24, 2.45) is 5.10 Å². The molecular formula is C20H18ClF4N7O3S. The Bertz CT molecular complexity index is 1460. The minimum atomic E-state index is -5.59. The van der Waals surface area contributed by atoms with Crippen LogP contribution in [0.15, 0.2) is 35.7 Å². The highest BCUT2D eigenvalue weighted by molar-refractivity contribution is 7.90. The van der Waals surface area contributed by atoms with Gasteiger partial charge in [0, 0.05) is 18.9 Å². The Hall–Kier alpha value is -3.46. The summed E-state index contributed by atoms with van der Waals surface area (Å²) in [5.74, 6) is -1.63. The van der Waals surface area contributed by atoms with E-state index < -0.39 is 33.8 Å². The topological polar surface area (TPSA) is 112 Å². The molecule has 1 N–H and O–H groups in total. The molecule has 0 aliphatic carbocycles. The number of aromatic nitrogens is 3. The second kappa shape index (κ2) is 9.54. The minimum absolute atomic E-state index is 0.0310. The highest BCUT2D eigenvalue weighted by Crippen LogP contribution is 2.28. The molecule has 192 valence electrons. The lowest BCUT2D eigenvalue weighted by Crippen LogP contribution is -2.46. The van der Waals surface area contributed by atoms with Crippen LogP contribution in [-0.2, 0) is 23.0 Å². The molecule has 0 unspecified atom stereocenters. The van der Waals surface area contributed by atoms with Crippen molar-refractivity contribution in [1.82, 2.24) is 24.0 Å². The zero-order valence-corrected chi connectivity index (χ0v) is 20.1. The van der Waals surface area contributed by atoms with Gasteiger partial charge in [-0.1, -0.05) is 18.5 Å². The van der Waals surface area contributed by atoms with Crippen LogP contribution >= 0.6 is 11.6 Å². The number of nitrogens with zero attached hydrogens (tertiary/aromatic N) is 6. The molecule has 1 aliphatic heterocycles. The Morgan fingerprint density at radius 1 is 1.25 bits per heavy atom. The van der Waals surface area contributed by atoms with E-state index in [0.717, 1.165) is 11.1 Å². The molecule has 0 aromatic carbocycles. The number of amides is 1. The number of imidazole rings is 1. The average Bonchev–Trinajstić information content (AvgIpc) is 3.20. The van der Waals surface area contributed by atoms with Gasteiger partial charge in [-0.25, -0.2) is 23.7 Å². The van der Waals surface area contributed by atoms with E-state index in [-0.39, 0.29) is 23.2 Å². The number of sulfonamides is 1. The van der Waals surface area contributed by atoms with Crippen LogP contribution in [0.5, 0.6) is 0 Å². The number of hydrazone groups is 1. The predicted molar refractivity (Wildman–Crippen MR) is 122 cm³/mol. The van der Waals surface area contributed by atoms with Gasteiger partial charge in [-0.15, -0.1) is 0 Å². The van der Waals surface area contributed by atoms with Gasteiger partial charge >= 0.3 is 15.5 Å².